The van der Waals surface area contributed by atoms with E-state index in [0.717, 1.165) is 4.47 Å². The Morgan fingerprint density at radius 2 is 2.31 bits per heavy atom. The Balaban J connectivity index is 2.79. The Hall–Kier alpha value is -1.07. The lowest BCUT2D eigenvalue weighted by atomic mass is 10.2. The van der Waals surface area contributed by atoms with Crippen LogP contribution in [0.4, 0.5) is 5.69 Å². The fourth-order valence-electron chi connectivity index (χ4n) is 1.27. The zero-order valence-corrected chi connectivity index (χ0v) is 10.9. The number of hydrogen-bond donors (Lipinski definition) is 2. The molecule has 0 aliphatic heterocycles. The molecule has 0 heterocycles. The molecule has 0 fully saturated rings. The number of ether oxygens (including phenoxy) is 1. The second kappa shape index (κ2) is 5.86. The Morgan fingerprint density at radius 1 is 1.62 bits per heavy atom. The van der Waals surface area contributed by atoms with Crippen LogP contribution in [0, 0.1) is 0 Å². The molecule has 1 aromatic carbocycles. The monoisotopic (exact) mass is 286 g/mol. The van der Waals surface area contributed by atoms with Crippen LogP contribution in [0.1, 0.15) is 13.3 Å². The van der Waals surface area contributed by atoms with E-state index < -0.39 is 0 Å². The number of carbonyl (C=O) groups excluding carboxylic acids is 1. The summed E-state index contributed by atoms with van der Waals surface area (Å²) in [6, 6.07) is 5.27. The molecule has 0 spiro atoms. The summed E-state index contributed by atoms with van der Waals surface area (Å²) < 4.78 is 6.02. The SMILES string of the molecule is COc1ccc(Br)cc1NC(=O)CC(C)N. The summed E-state index contributed by atoms with van der Waals surface area (Å²) >= 11 is 3.33. The van der Waals surface area contributed by atoms with Gasteiger partial charge in [0.05, 0.1) is 12.8 Å². The Kier molecular flexibility index (Phi) is 4.76. The van der Waals surface area contributed by atoms with Gasteiger partial charge in [0.2, 0.25) is 5.91 Å². The first-order valence-corrected chi connectivity index (χ1v) is 5.71. The second-order valence-corrected chi connectivity index (χ2v) is 4.49. The molecule has 0 aliphatic carbocycles. The van der Waals surface area contributed by atoms with Gasteiger partial charge in [-0.05, 0) is 25.1 Å². The quantitative estimate of drug-likeness (QED) is 0.891. The molecule has 0 radical (unpaired) electrons. The van der Waals surface area contributed by atoms with Gasteiger partial charge in [-0.1, -0.05) is 15.9 Å². The summed E-state index contributed by atoms with van der Waals surface area (Å²) in [6.45, 7) is 1.79. The molecule has 5 heteroatoms. The average molecular weight is 287 g/mol. The van der Waals surface area contributed by atoms with Gasteiger partial charge in [0, 0.05) is 16.9 Å². The van der Waals surface area contributed by atoms with E-state index >= 15 is 0 Å². The van der Waals surface area contributed by atoms with Gasteiger partial charge in [0.1, 0.15) is 5.75 Å². The summed E-state index contributed by atoms with van der Waals surface area (Å²) in [5, 5.41) is 2.76. The molecule has 1 aromatic rings. The maximum absolute atomic E-state index is 11.5. The highest BCUT2D eigenvalue weighted by atomic mass is 79.9. The highest BCUT2D eigenvalue weighted by Gasteiger charge is 2.09. The molecule has 3 N–H and O–H groups in total. The van der Waals surface area contributed by atoms with E-state index in [9.17, 15) is 4.79 Å². The third kappa shape index (κ3) is 3.83. The Morgan fingerprint density at radius 3 is 2.88 bits per heavy atom. The summed E-state index contributed by atoms with van der Waals surface area (Å²) in [6.07, 6.45) is 0.287. The predicted octanol–water partition coefficient (Wildman–Crippen LogP) is 2.13. The molecule has 16 heavy (non-hydrogen) atoms. The van der Waals surface area contributed by atoms with E-state index in [0.29, 0.717) is 11.4 Å². The van der Waals surface area contributed by atoms with Crippen LogP contribution in [0.25, 0.3) is 0 Å². The van der Waals surface area contributed by atoms with Gasteiger partial charge in [-0.25, -0.2) is 0 Å². The smallest absolute Gasteiger partial charge is 0.226 e. The summed E-state index contributed by atoms with van der Waals surface area (Å²) in [4.78, 5) is 11.5. The first-order chi connectivity index (χ1) is 7.52. The number of nitrogens with one attached hydrogen (secondary N) is 1. The minimum Gasteiger partial charge on any atom is -0.495 e. The van der Waals surface area contributed by atoms with Crippen molar-refractivity contribution in [1.82, 2.24) is 0 Å². The first-order valence-electron chi connectivity index (χ1n) is 4.92. The maximum Gasteiger partial charge on any atom is 0.226 e. The van der Waals surface area contributed by atoms with Crippen LogP contribution < -0.4 is 15.8 Å². The molecule has 0 aromatic heterocycles. The molecule has 0 bridgehead atoms. The molecule has 4 nitrogen and oxygen atoms in total. The molecular formula is C11H15BrN2O2. The number of halogens is 1. The van der Waals surface area contributed by atoms with Crippen molar-refractivity contribution in [2.45, 2.75) is 19.4 Å². The third-order valence-electron chi connectivity index (χ3n) is 1.94. The number of amides is 1. The number of hydrogen-bond acceptors (Lipinski definition) is 3. The van der Waals surface area contributed by atoms with Crippen molar-refractivity contribution in [3.8, 4) is 5.75 Å². The molecular weight excluding hydrogens is 272 g/mol. The molecule has 1 unspecified atom stereocenters. The summed E-state index contributed by atoms with van der Waals surface area (Å²) in [5.41, 5.74) is 6.19. The lowest BCUT2D eigenvalue weighted by Crippen LogP contribution is -2.24. The van der Waals surface area contributed by atoms with E-state index in [1.807, 2.05) is 6.07 Å². The fourth-order valence-corrected chi connectivity index (χ4v) is 1.63. The largest absolute Gasteiger partial charge is 0.495 e. The van der Waals surface area contributed by atoms with E-state index in [1.165, 1.54) is 0 Å². The van der Waals surface area contributed by atoms with Crippen LogP contribution in [0.15, 0.2) is 22.7 Å². The molecule has 0 saturated heterocycles. The van der Waals surface area contributed by atoms with Crippen molar-refractivity contribution < 1.29 is 9.53 Å². The molecule has 1 atom stereocenters. The van der Waals surface area contributed by atoms with E-state index in [1.54, 1.807) is 26.2 Å². The molecule has 1 amide bonds. The average Bonchev–Trinajstić information content (AvgIpc) is 2.16. The van der Waals surface area contributed by atoms with Crippen LogP contribution in [0.2, 0.25) is 0 Å². The molecule has 88 valence electrons. The van der Waals surface area contributed by atoms with Crippen LogP contribution in [0.3, 0.4) is 0 Å². The van der Waals surface area contributed by atoms with Crippen molar-refractivity contribution in [3.63, 3.8) is 0 Å². The van der Waals surface area contributed by atoms with E-state index in [-0.39, 0.29) is 18.4 Å². The number of carbonyl (C=O) groups is 1. The van der Waals surface area contributed by atoms with E-state index in [2.05, 4.69) is 21.2 Å². The Bertz CT molecular complexity index is 380. The van der Waals surface area contributed by atoms with Crippen molar-refractivity contribution in [2.24, 2.45) is 5.73 Å². The van der Waals surface area contributed by atoms with Gasteiger partial charge >= 0.3 is 0 Å². The number of benzene rings is 1. The normalized spacial score (nSPS) is 12.0. The number of rotatable bonds is 4. The van der Waals surface area contributed by atoms with Gasteiger partial charge < -0.3 is 15.8 Å². The zero-order valence-electron chi connectivity index (χ0n) is 9.29. The van der Waals surface area contributed by atoms with Crippen LogP contribution in [0.5, 0.6) is 5.75 Å². The maximum atomic E-state index is 11.5. The zero-order chi connectivity index (χ0) is 12.1. The van der Waals surface area contributed by atoms with Gasteiger partial charge in [0.15, 0.2) is 0 Å². The van der Waals surface area contributed by atoms with Crippen molar-refractivity contribution >= 4 is 27.5 Å². The van der Waals surface area contributed by atoms with Crippen molar-refractivity contribution in [1.29, 1.82) is 0 Å². The van der Waals surface area contributed by atoms with Gasteiger partial charge in [0.25, 0.3) is 0 Å². The molecule has 1 rings (SSSR count). The lowest BCUT2D eigenvalue weighted by molar-refractivity contribution is -0.116. The predicted molar refractivity (Wildman–Crippen MR) is 67.6 cm³/mol. The van der Waals surface area contributed by atoms with Gasteiger partial charge in [-0.2, -0.15) is 0 Å². The third-order valence-corrected chi connectivity index (χ3v) is 2.44. The topological polar surface area (TPSA) is 64.3 Å². The standard InChI is InChI=1S/C11H15BrN2O2/c1-7(13)5-11(15)14-9-6-8(12)3-4-10(9)16-2/h3-4,6-7H,5,13H2,1-2H3,(H,14,15). The van der Waals surface area contributed by atoms with Crippen molar-refractivity contribution in [2.75, 3.05) is 12.4 Å². The van der Waals surface area contributed by atoms with Gasteiger partial charge in [-0.15, -0.1) is 0 Å². The summed E-state index contributed by atoms with van der Waals surface area (Å²) in [7, 11) is 1.56. The molecule has 0 aliphatic rings. The first kappa shape index (κ1) is 13.0. The van der Waals surface area contributed by atoms with E-state index in [4.69, 9.17) is 10.5 Å². The summed E-state index contributed by atoms with van der Waals surface area (Å²) in [5.74, 6) is 0.507. The fraction of sp³-hybridized carbons (Fsp3) is 0.364. The van der Waals surface area contributed by atoms with Crippen molar-refractivity contribution in [3.05, 3.63) is 22.7 Å². The number of anilines is 1. The van der Waals surface area contributed by atoms with Gasteiger partial charge in [-0.3, -0.25) is 4.79 Å². The van der Waals surface area contributed by atoms with Crippen LogP contribution in [-0.2, 0) is 4.79 Å². The van der Waals surface area contributed by atoms with Crippen LogP contribution in [-0.4, -0.2) is 19.1 Å². The number of methoxy groups -OCH3 is 1. The lowest BCUT2D eigenvalue weighted by Gasteiger charge is -2.11. The second-order valence-electron chi connectivity index (χ2n) is 3.57. The van der Waals surface area contributed by atoms with Crippen LogP contribution >= 0.6 is 15.9 Å². The molecule has 0 saturated carbocycles. The highest BCUT2D eigenvalue weighted by molar-refractivity contribution is 9.10. The minimum atomic E-state index is -0.154. The number of nitrogens with two attached hydrogens (primary N) is 1. The minimum absolute atomic E-state index is 0.119. The Labute approximate surface area is 103 Å². The highest BCUT2D eigenvalue weighted by Crippen LogP contribution is 2.27.